The molecule has 2 aromatic carbocycles. The van der Waals surface area contributed by atoms with E-state index in [1.54, 1.807) is 0 Å². The quantitative estimate of drug-likeness (QED) is 0.871. The van der Waals surface area contributed by atoms with Crippen molar-refractivity contribution in [2.45, 2.75) is 20.0 Å². The van der Waals surface area contributed by atoms with E-state index in [9.17, 15) is 0 Å². The van der Waals surface area contributed by atoms with Crippen molar-refractivity contribution < 1.29 is 0 Å². The van der Waals surface area contributed by atoms with E-state index < -0.39 is 0 Å². The lowest BCUT2D eigenvalue weighted by atomic mass is 10.1. The summed E-state index contributed by atoms with van der Waals surface area (Å²) >= 11 is 0. The monoisotopic (exact) mass is 278 g/mol. The first-order chi connectivity index (χ1) is 10.2. The lowest BCUT2D eigenvalue weighted by Gasteiger charge is -2.18. The van der Waals surface area contributed by atoms with Gasteiger partial charge < -0.3 is 5.73 Å². The molecule has 0 amide bonds. The summed E-state index contributed by atoms with van der Waals surface area (Å²) in [7, 11) is 2.13. The molecule has 0 bridgehead atoms. The fourth-order valence-corrected chi connectivity index (χ4v) is 2.40. The Bertz CT molecular complexity index is 650. The fourth-order valence-electron chi connectivity index (χ4n) is 2.40. The van der Waals surface area contributed by atoms with Crippen LogP contribution in [0.5, 0.6) is 0 Å². The Morgan fingerprint density at radius 2 is 1.86 bits per heavy atom. The molecule has 0 atom stereocenters. The smallest absolute Gasteiger partial charge is 0.0555 e. The Morgan fingerprint density at radius 1 is 1.05 bits per heavy atom. The van der Waals surface area contributed by atoms with Crippen LogP contribution in [-0.2, 0) is 13.1 Å². The van der Waals surface area contributed by atoms with Gasteiger partial charge in [0.2, 0.25) is 0 Å². The Kier molecular flexibility index (Phi) is 5.57. The van der Waals surface area contributed by atoms with Crippen molar-refractivity contribution in [2.75, 3.05) is 13.6 Å². The van der Waals surface area contributed by atoms with Gasteiger partial charge in [-0.25, -0.2) is 0 Å². The van der Waals surface area contributed by atoms with Crippen LogP contribution in [0.4, 0.5) is 0 Å². The van der Waals surface area contributed by atoms with Crippen LogP contribution >= 0.6 is 0 Å². The minimum atomic E-state index is 0.396. The molecule has 2 N–H and O–H groups in total. The van der Waals surface area contributed by atoms with E-state index in [0.717, 1.165) is 18.7 Å². The number of rotatable bonds is 4. The standard InChI is InChI=1S/C19H22N2/c1-16-7-5-8-17(13-16)14-21(2)15-19-10-4-3-9-18(19)11-6-12-20/h3-5,7-10,13H,12,14-15,20H2,1-2H3. The van der Waals surface area contributed by atoms with E-state index >= 15 is 0 Å². The summed E-state index contributed by atoms with van der Waals surface area (Å²) in [4.78, 5) is 2.30. The third kappa shape index (κ3) is 4.75. The van der Waals surface area contributed by atoms with E-state index in [0.29, 0.717) is 6.54 Å². The molecule has 0 aliphatic carbocycles. The first-order valence-electron chi connectivity index (χ1n) is 7.20. The Labute approximate surface area is 127 Å². The summed E-state index contributed by atoms with van der Waals surface area (Å²) in [5.41, 5.74) is 10.4. The van der Waals surface area contributed by atoms with Gasteiger partial charge in [-0.1, -0.05) is 59.9 Å². The van der Waals surface area contributed by atoms with Crippen molar-refractivity contribution in [3.63, 3.8) is 0 Å². The van der Waals surface area contributed by atoms with Crippen LogP contribution in [0.3, 0.4) is 0 Å². The summed E-state index contributed by atoms with van der Waals surface area (Å²) in [6, 6.07) is 16.9. The number of nitrogens with zero attached hydrogens (tertiary/aromatic N) is 1. The van der Waals surface area contributed by atoms with Gasteiger partial charge in [-0.05, 0) is 31.2 Å². The summed E-state index contributed by atoms with van der Waals surface area (Å²) in [5, 5.41) is 0. The zero-order chi connectivity index (χ0) is 15.1. The average molecular weight is 278 g/mol. The predicted molar refractivity (Wildman–Crippen MR) is 88.7 cm³/mol. The second kappa shape index (κ2) is 7.64. The topological polar surface area (TPSA) is 29.3 Å². The van der Waals surface area contributed by atoms with Crippen molar-refractivity contribution in [3.05, 3.63) is 70.8 Å². The Hall–Kier alpha value is -2.08. The van der Waals surface area contributed by atoms with Crippen molar-refractivity contribution >= 4 is 0 Å². The van der Waals surface area contributed by atoms with Crippen LogP contribution in [0.25, 0.3) is 0 Å². The van der Waals surface area contributed by atoms with Crippen LogP contribution in [0.15, 0.2) is 48.5 Å². The van der Waals surface area contributed by atoms with Crippen molar-refractivity contribution in [3.8, 4) is 11.8 Å². The summed E-state index contributed by atoms with van der Waals surface area (Å²) in [6.07, 6.45) is 0. The number of benzene rings is 2. The molecular formula is C19H22N2. The maximum Gasteiger partial charge on any atom is 0.0555 e. The van der Waals surface area contributed by atoms with Crippen molar-refractivity contribution in [2.24, 2.45) is 5.73 Å². The molecule has 0 spiro atoms. The van der Waals surface area contributed by atoms with Crippen LogP contribution in [-0.4, -0.2) is 18.5 Å². The molecule has 0 aliphatic heterocycles. The maximum atomic E-state index is 5.46. The van der Waals surface area contributed by atoms with Gasteiger partial charge in [-0.2, -0.15) is 0 Å². The van der Waals surface area contributed by atoms with Crippen molar-refractivity contribution in [1.29, 1.82) is 0 Å². The van der Waals surface area contributed by atoms with E-state index in [4.69, 9.17) is 5.73 Å². The normalized spacial score (nSPS) is 10.3. The molecule has 2 heteroatoms. The number of hydrogen-bond acceptors (Lipinski definition) is 2. The molecule has 0 radical (unpaired) electrons. The lowest BCUT2D eigenvalue weighted by molar-refractivity contribution is 0.319. The van der Waals surface area contributed by atoms with Crippen molar-refractivity contribution in [1.82, 2.24) is 4.90 Å². The molecule has 2 nitrogen and oxygen atoms in total. The second-order valence-corrected chi connectivity index (χ2v) is 5.32. The van der Waals surface area contributed by atoms with Gasteiger partial charge in [0.25, 0.3) is 0 Å². The average Bonchev–Trinajstić information content (AvgIpc) is 2.46. The first kappa shape index (κ1) is 15.3. The highest BCUT2D eigenvalue weighted by atomic mass is 15.1. The molecule has 2 rings (SSSR count). The minimum Gasteiger partial charge on any atom is -0.320 e. The van der Waals surface area contributed by atoms with E-state index in [-0.39, 0.29) is 0 Å². The van der Waals surface area contributed by atoms with Gasteiger partial charge in [0.1, 0.15) is 0 Å². The van der Waals surface area contributed by atoms with Gasteiger partial charge in [-0.15, -0.1) is 0 Å². The highest BCUT2D eigenvalue weighted by molar-refractivity contribution is 5.41. The van der Waals surface area contributed by atoms with E-state index in [2.05, 4.69) is 73.2 Å². The fraction of sp³-hybridized carbons (Fsp3) is 0.263. The van der Waals surface area contributed by atoms with Gasteiger partial charge in [-0.3, -0.25) is 4.90 Å². The SMILES string of the molecule is Cc1cccc(CN(C)Cc2ccccc2C#CCN)c1. The van der Waals surface area contributed by atoms with Crippen LogP contribution in [0.1, 0.15) is 22.3 Å². The third-order valence-electron chi connectivity index (χ3n) is 3.32. The molecule has 0 unspecified atom stereocenters. The van der Waals surface area contributed by atoms with Gasteiger partial charge in [0.05, 0.1) is 6.54 Å². The summed E-state index contributed by atoms with van der Waals surface area (Å²) in [6.45, 7) is 4.33. The number of aryl methyl sites for hydroxylation is 1. The number of nitrogens with two attached hydrogens (primary N) is 1. The molecule has 0 aromatic heterocycles. The zero-order valence-electron chi connectivity index (χ0n) is 12.8. The Morgan fingerprint density at radius 3 is 2.62 bits per heavy atom. The number of hydrogen-bond donors (Lipinski definition) is 1. The molecule has 2 aromatic rings. The highest BCUT2D eigenvalue weighted by Crippen LogP contribution is 2.13. The molecule has 0 fully saturated rings. The maximum absolute atomic E-state index is 5.46. The van der Waals surface area contributed by atoms with E-state index in [1.807, 2.05) is 6.07 Å². The zero-order valence-corrected chi connectivity index (χ0v) is 12.8. The molecular weight excluding hydrogens is 256 g/mol. The van der Waals surface area contributed by atoms with Gasteiger partial charge in [0, 0.05) is 18.7 Å². The second-order valence-electron chi connectivity index (χ2n) is 5.32. The molecule has 108 valence electrons. The first-order valence-corrected chi connectivity index (χ1v) is 7.20. The molecule has 0 heterocycles. The molecule has 0 saturated carbocycles. The third-order valence-corrected chi connectivity index (χ3v) is 3.32. The van der Waals surface area contributed by atoms with E-state index in [1.165, 1.54) is 16.7 Å². The van der Waals surface area contributed by atoms with Gasteiger partial charge in [0.15, 0.2) is 0 Å². The minimum absolute atomic E-state index is 0.396. The lowest BCUT2D eigenvalue weighted by Crippen LogP contribution is -2.18. The summed E-state index contributed by atoms with van der Waals surface area (Å²) < 4.78 is 0. The molecule has 0 saturated heterocycles. The van der Waals surface area contributed by atoms with Crippen LogP contribution in [0.2, 0.25) is 0 Å². The Balaban J connectivity index is 2.07. The molecule has 0 aliphatic rings. The summed E-state index contributed by atoms with van der Waals surface area (Å²) in [5.74, 6) is 6.08. The molecule has 21 heavy (non-hydrogen) atoms. The largest absolute Gasteiger partial charge is 0.320 e. The van der Waals surface area contributed by atoms with Gasteiger partial charge >= 0.3 is 0 Å². The van der Waals surface area contributed by atoms with Crippen LogP contribution < -0.4 is 5.73 Å². The predicted octanol–water partition coefficient (Wildman–Crippen LogP) is 2.94. The highest BCUT2D eigenvalue weighted by Gasteiger charge is 2.05. The van der Waals surface area contributed by atoms with Crippen LogP contribution in [0, 0.1) is 18.8 Å².